The van der Waals surface area contributed by atoms with Crippen molar-refractivity contribution in [3.05, 3.63) is 0 Å². The van der Waals surface area contributed by atoms with E-state index in [4.69, 9.17) is 0 Å². The molecule has 3 aliphatic heterocycles. The van der Waals surface area contributed by atoms with E-state index in [0.29, 0.717) is 17.7 Å². The zero-order chi connectivity index (χ0) is 7.14. The van der Waals surface area contributed by atoms with Gasteiger partial charge in [0, 0.05) is 12.0 Å². The van der Waals surface area contributed by atoms with Crippen LogP contribution in [0, 0.1) is 5.92 Å². The molecule has 0 aromatic heterocycles. The van der Waals surface area contributed by atoms with Gasteiger partial charge in [0.2, 0.25) is 0 Å². The van der Waals surface area contributed by atoms with E-state index in [0.717, 1.165) is 25.9 Å². The van der Waals surface area contributed by atoms with Gasteiger partial charge in [0.15, 0.2) is 0 Å². The summed E-state index contributed by atoms with van der Waals surface area (Å²) in [7, 11) is 0. The van der Waals surface area contributed by atoms with Crippen LogP contribution in [0.2, 0.25) is 0 Å². The number of ketones is 1. The monoisotopic (exact) mass is 139 g/mol. The number of carbonyl (C=O) groups excluding carboxylic acids is 1. The minimum atomic E-state index is 0.417. The van der Waals surface area contributed by atoms with Gasteiger partial charge in [-0.3, -0.25) is 9.69 Å². The van der Waals surface area contributed by atoms with Crippen LogP contribution in [0.25, 0.3) is 0 Å². The van der Waals surface area contributed by atoms with Gasteiger partial charge in [-0.25, -0.2) is 0 Å². The molecule has 3 aliphatic rings. The third-order valence-electron chi connectivity index (χ3n) is 2.83. The number of carbonyl (C=O) groups is 1. The maximum Gasteiger partial charge on any atom is 0.150 e. The highest BCUT2D eigenvalue weighted by Gasteiger charge is 2.36. The number of Topliss-reactive ketones (excluding diaryl/α,β-unsaturated/α-hetero) is 1. The van der Waals surface area contributed by atoms with Gasteiger partial charge < -0.3 is 0 Å². The average Bonchev–Trinajstić information content (AvgIpc) is 1.91. The van der Waals surface area contributed by atoms with Crippen molar-refractivity contribution in [2.45, 2.75) is 25.8 Å². The fraction of sp³-hybridized carbons (Fsp3) is 0.875. The lowest BCUT2D eigenvalue weighted by Gasteiger charge is -2.42. The average molecular weight is 139 g/mol. The Bertz CT molecular complexity index is 167. The van der Waals surface area contributed by atoms with Gasteiger partial charge in [0.05, 0.1) is 6.54 Å². The highest BCUT2D eigenvalue weighted by Crippen LogP contribution is 2.28. The molecule has 3 atom stereocenters. The zero-order valence-electron chi connectivity index (χ0n) is 6.34. The summed E-state index contributed by atoms with van der Waals surface area (Å²) in [5.74, 6) is 0.893. The molecule has 0 N–H and O–H groups in total. The summed E-state index contributed by atoms with van der Waals surface area (Å²) >= 11 is 0. The summed E-state index contributed by atoms with van der Waals surface area (Å²) in [4.78, 5) is 13.5. The lowest BCUT2D eigenvalue weighted by molar-refractivity contribution is -0.132. The van der Waals surface area contributed by atoms with E-state index in [9.17, 15) is 4.79 Å². The van der Waals surface area contributed by atoms with Crippen LogP contribution in [-0.4, -0.2) is 29.8 Å². The van der Waals surface area contributed by atoms with Crippen molar-refractivity contribution >= 4 is 5.78 Å². The SMILES string of the molecule is C[C@@H]1C[C@@H]2CCN1CC2=O. The highest BCUT2D eigenvalue weighted by atomic mass is 16.1. The maximum atomic E-state index is 11.2. The molecule has 3 rings (SSSR count). The van der Waals surface area contributed by atoms with Crippen LogP contribution < -0.4 is 0 Å². The molecule has 2 nitrogen and oxygen atoms in total. The minimum Gasteiger partial charge on any atom is -0.298 e. The lowest BCUT2D eigenvalue weighted by atomic mass is 9.83. The van der Waals surface area contributed by atoms with Crippen LogP contribution in [0.4, 0.5) is 0 Å². The molecule has 10 heavy (non-hydrogen) atoms. The summed E-state index contributed by atoms with van der Waals surface area (Å²) in [5, 5.41) is 0. The van der Waals surface area contributed by atoms with Gasteiger partial charge in [0.1, 0.15) is 5.78 Å². The maximum absolute atomic E-state index is 11.2. The number of hydrogen-bond donors (Lipinski definition) is 0. The fourth-order valence-electron chi connectivity index (χ4n) is 2.08. The molecular formula is C8H13NO. The lowest BCUT2D eigenvalue weighted by Crippen LogP contribution is -2.52. The quantitative estimate of drug-likeness (QED) is 0.491. The molecule has 2 bridgehead atoms. The summed E-state index contributed by atoms with van der Waals surface area (Å²) < 4.78 is 0. The molecule has 0 saturated carbocycles. The first-order valence-electron chi connectivity index (χ1n) is 4.04. The largest absolute Gasteiger partial charge is 0.298 e. The molecule has 0 spiro atoms. The molecule has 3 fully saturated rings. The second-order valence-corrected chi connectivity index (χ2v) is 3.51. The number of rotatable bonds is 0. The second kappa shape index (κ2) is 2.06. The Kier molecular flexibility index (Phi) is 1.31. The van der Waals surface area contributed by atoms with Crippen LogP contribution >= 0.6 is 0 Å². The smallest absolute Gasteiger partial charge is 0.150 e. The molecule has 0 aromatic rings. The summed E-state index contributed by atoms with van der Waals surface area (Å²) in [5.41, 5.74) is 0. The van der Waals surface area contributed by atoms with E-state index in [1.807, 2.05) is 0 Å². The van der Waals surface area contributed by atoms with Crippen molar-refractivity contribution < 1.29 is 4.79 Å². The van der Waals surface area contributed by atoms with E-state index in [2.05, 4.69) is 11.8 Å². The number of piperidine rings is 3. The van der Waals surface area contributed by atoms with E-state index in [1.54, 1.807) is 0 Å². The predicted octanol–water partition coefficient (Wildman–Crippen LogP) is 0.670. The topological polar surface area (TPSA) is 20.3 Å². The number of nitrogens with zero attached hydrogens (tertiary/aromatic N) is 1. The Balaban J connectivity index is 2.16. The summed E-state index contributed by atoms with van der Waals surface area (Å²) in [6.45, 7) is 4.10. The first-order chi connectivity index (χ1) is 4.77. The van der Waals surface area contributed by atoms with Crippen LogP contribution in [0.5, 0.6) is 0 Å². The number of hydrogen-bond acceptors (Lipinski definition) is 2. The fourth-order valence-corrected chi connectivity index (χ4v) is 2.08. The Morgan fingerprint density at radius 3 is 2.70 bits per heavy atom. The predicted molar refractivity (Wildman–Crippen MR) is 38.8 cm³/mol. The third kappa shape index (κ3) is 0.788. The first-order valence-corrected chi connectivity index (χ1v) is 4.04. The molecule has 3 saturated heterocycles. The van der Waals surface area contributed by atoms with E-state index >= 15 is 0 Å². The van der Waals surface area contributed by atoms with E-state index in [1.165, 1.54) is 0 Å². The standard InChI is InChI=1S/C8H13NO/c1-6-4-7-2-3-9(6)5-8(7)10/h6-7H,2-5H2,1H3/t6-,7+/m1/s1. The van der Waals surface area contributed by atoms with Gasteiger partial charge in [-0.05, 0) is 26.3 Å². The first kappa shape index (κ1) is 6.35. The zero-order valence-corrected chi connectivity index (χ0v) is 6.34. The van der Waals surface area contributed by atoms with Crippen LogP contribution in [0.15, 0.2) is 0 Å². The Morgan fingerprint density at radius 2 is 2.40 bits per heavy atom. The van der Waals surface area contributed by atoms with Crippen molar-refractivity contribution in [1.82, 2.24) is 4.90 Å². The van der Waals surface area contributed by atoms with Crippen molar-refractivity contribution in [2.75, 3.05) is 13.1 Å². The van der Waals surface area contributed by atoms with Gasteiger partial charge >= 0.3 is 0 Å². The van der Waals surface area contributed by atoms with Gasteiger partial charge in [-0.15, -0.1) is 0 Å². The van der Waals surface area contributed by atoms with Gasteiger partial charge in [-0.2, -0.15) is 0 Å². The molecule has 2 heteroatoms. The summed E-state index contributed by atoms with van der Waals surface area (Å²) in [6.07, 6.45) is 2.22. The third-order valence-corrected chi connectivity index (χ3v) is 2.83. The van der Waals surface area contributed by atoms with E-state index < -0.39 is 0 Å². The van der Waals surface area contributed by atoms with Crippen LogP contribution in [0.1, 0.15) is 19.8 Å². The molecule has 0 aliphatic carbocycles. The molecular weight excluding hydrogens is 126 g/mol. The molecule has 0 radical (unpaired) electrons. The molecule has 0 aromatic carbocycles. The minimum absolute atomic E-state index is 0.417. The van der Waals surface area contributed by atoms with Gasteiger partial charge in [-0.1, -0.05) is 0 Å². The Morgan fingerprint density at radius 1 is 1.60 bits per heavy atom. The van der Waals surface area contributed by atoms with Crippen LogP contribution in [0.3, 0.4) is 0 Å². The molecule has 3 heterocycles. The molecule has 1 unspecified atom stereocenters. The Labute approximate surface area is 61.2 Å². The molecule has 0 amide bonds. The van der Waals surface area contributed by atoms with Crippen LogP contribution in [-0.2, 0) is 4.79 Å². The van der Waals surface area contributed by atoms with Crippen molar-refractivity contribution in [3.63, 3.8) is 0 Å². The summed E-state index contributed by atoms with van der Waals surface area (Å²) in [6, 6.07) is 0.663. The van der Waals surface area contributed by atoms with Crippen molar-refractivity contribution in [3.8, 4) is 0 Å². The normalized spacial score (nSPS) is 46.1. The Hall–Kier alpha value is -0.370. The van der Waals surface area contributed by atoms with Crippen molar-refractivity contribution in [1.29, 1.82) is 0 Å². The number of fused-ring (bicyclic) bond motifs is 3. The molecule has 56 valence electrons. The van der Waals surface area contributed by atoms with Crippen molar-refractivity contribution in [2.24, 2.45) is 5.92 Å². The van der Waals surface area contributed by atoms with Gasteiger partial charge in [0.25, 0.3) is 0 Å². The van der Waals surface area contributed by atoms with E-state index in [-0.39, 0.29) is 0 Å². The highest BCUT2D eigenvalue weighted by molar-refractivity contribution is 5.84. The second-order valence-electron chi connectivity index (χ2n) is 3.51.